The van der Waals surface area contributed by atoms with Gasteiger partial charge in [-0.05, 0) is 59.7 Å². The number of hydroxylamine groups is 3. The highest BCUT2D eigenvalue weighted by atomic mass is 19.4. The van der Waals surface area contributed by atoms with Crippen LogP contribution in [0.1, 0.15) is 50.3 Å². The van der Waals surface area contributed by atoms with Crippen LogP contribution in [0.3, 0.4) is 0 Å². The van der Waals surface area contributed by atoms with E-state index >= 15 is 0 Å². The predicted molar refractivity (Wildman–Crippen MR) is 122 cm³/mol. The average molecular weight is 476 g/mol. The Hall–Kier alpha value is -3.04. The van der Waals surface area contributed by atoms with E-state index in [2.05, 4.69) is 31.6 Å². The lowest BCUT2D eigenvalue weighted by Gasteiger charge is -2.35. The standard InChI is InChI=1S/C25H28F3N3O3/c1-23(2,3)18-8-10-20(11-9-18)29-22(32)33-31-14-12-24(13-15-31)16-21(30-34-24)17-4-6-19(7-5-17)25(26,27)28/h4-11,16,30H,12-15H2,1-3H3,(H,29,32). The molecule has 1 spiro atoms. The van der Waals surface area contributed by atoms with Gasteiger partial charge in [0.25, 0.3) is 0 Å². The largest absolute Gasteiger partial charge is 0.430 e. The van der Waals surface area contributed by atoms with E-state index in [-0.39, 0.29) is 5.41 Å². The fourth-order valence-corrected chi connectivity index (χ4v) is 3.97. The van der Waals surface area contributed by atoms with Crippen LogP contribution in [0.5, 0.6) is 0 Å². The van der Waals surface area contributed by atoms with Gasteiger partial charge in [0.05, 0.1) is 11.3 Å². The average Bonchev–Trinajstić information content (AvgIpc) is 3.18. The van der Waals surface area contributed by atoms with Crippen molar-refractivity contribution in [2.45, 2.75) is 50.8 Å². The van der Waals surface area contributed by atoms with Crippen LogP contribution in [0, 0.1) is 0 Å². The third-order valence-electron chi connectivity index (χ3n) is 6.07. The highest BCUT2D eigenvalue weighted by molar-refractivity contribution is 5.84. The third-order valence-corrected chi connectivity index (χ3v) is 6.07. The molecule has 0 unspecified atom stereocenters. The summed E-state index contributed by atoms with van der Waals surface area (Å²) >= 11 is 0. The van der Waals surface area contributed by atoms with E-state index in [1.54, 1.807) is 5.06 Å². The number of amides is 1. The molecule has 0 bridgehead atoms. The molecule has 1 amide bonds. The van der Waals surface area contributed by atoms with Crippen molar-refractivity contribution in [1.29, 1.82) is 0 Å². The molecule has 2 aromatic carbocycles. The topological polar surface area (TPSA) is 62.8 Å². The summed E-state index contributed by atoms with van der Waals surface area (Å²) in [7, 11) is 0. The van der Waals surface area contributed by atoms with Crippen molar-refractivity contribution < 1.29 is 27.6 Å². The van der Waals surface area contributed by atoms with Gasteiger partial charge in [-0.15, -0.1) is 5.06 Å². The van der Waals surface area contributed by atoms with E-state index in [4.69, 9.17) is 9.68 Å². The first kappa shape index (κ1) is 24.1. The highest BCUT2D eigenvalue weighted by Crippen LogP contribution is 2.36. The normalized spacial score (nSPS) is 18.4. The molecule has 0 atom stereocenters. The van der Waals surface area contributed by atoms with Gasteiger partial charge in [0.15, 0.2) is 0 Å². The first-order valence-electron chi connectivity index (χ1n) is 11.1. The maximum Gasteiger partial charge on any atom is 0.430 e. The number of benzene rings is 2. The number of nitrogens with zero attached hydrogens (tertiary/aromatic N) is 1. The smallest absolute Gasteiger partial charge is 0.351 e. The quantitative estimate of drug-likeness (QED) is 0.581. The molecule has 182 valence electrons. The molecule has 6 nitrogen and oxygen atoms in total. The zero-order chi connectivity index (χ0) is 24.6. The van der Waals surface area contributed by atoms with Gasteiger partial charge in [-0.25, -0.2) is 4.79 Å². The van der Waals surface area contributed by atoms with Crippen LogP contribution in [0.25, 0.3) is 5.70 Å². The van der Waals surface area contributed by atoms with Crippen molar-refractivity contribution in [2.75, 3.05) is 18.4 Å². The Labute approximate surface area is 196 Å². The molecule has 2 aliphatic heterocycles. The van der Waals surface area contributed by atoms with Crippen LogP contribution in [0.15, 0.2) is 54.6 Å². The van der Waals surface area contributed by atoms with Crippen LogP contribution < -0.4 is 10.8 Å². The number of hydrogen-bond donors (Lipinski definition) is 2. The minimum Gasteiger partial charge on any atom is -0.351 e. The molecule has 2 aromatic rings. The summed E-state index contributed by atoms with van der Waals surface area (Å²) in [6.45, 7) is 7.28. The summed E-state index contributed by atoms with van der Waals surface area (Å²) in [5.74, 6) is 0. The van der Waals surface area contributed by atoms with Crippen LogP contribution >= 0.6 is 0 Å². The minimum atomic E-state index is -4.37. The fourth-order valence-electron chi connectivity index (χ4n) is 3.97. The highest BCUT2D eigenvalue weighted by Gasteiger charge is 2.40. The van der Waals surface area contributed by atoms with Gasteiger partial charge in [-0.1, -0.05) is 45.0 Å². The number of hydrogen-bond acceptors (Lipinski definition) is 5. The molecule has 0 aliphatic carbocycles. The summed E-state index contributed by atoms with van der Waals surface area (Å²) in [6.07, 6.45) is -1.94. The second-order valence-electron chi connectivity index (χ2n) is 9.66. The van der Waals surface area contributed by atoms with E-state index in [0.29, 0.717) is 42.9 Å². The molecule has 0 saturated carbocycles. The van der Waals surface area contributed by atoms with E-state index < -0.39 is 23.4 Å². The van der Waals surface area contributed by atoms with E-state index in [9.17, 15) is 18.0 Å². The molecule has 9 heteroatoms. The molecule has 0 aromatic heterocycles. The first-order chi connectivity index (χ1) is 15.9. The van der Waals surface area contributed by atoms with Gasteiger partial charge in [-0.2, -0.15) is 13.2 Å². The number of carbonyl (C=O) groups excluding carboxylic acids is 1. The van der Waals surface area contributed by atoms with E-state index in [1.807, 2.05) is 30.3 Å². The van der Waals surface area contributed by atoms with Crippen molar-refractivity contribution in [2.24, 2.45) is 0 Å². The van der Waals surface area contributed by atoms with Gasteiger partial charge in [0.1, 0.15) is 5.60 Å². The number of piperidine rings is 1. The molecule has 0 radical (unpaired) electrons. The van der Waals surface area contributed by atoms with E-state index in [1.165, 1.54) is 17.7 Å². The van der Waals surface area contributed by atoms with Crippen molar-refractivity contribution in [3.8, 4) is 0 Å². The SMILES string of the molecule is CC(C)(C)c1ccc(NC(=O)ON2CCC3(C=C(c4ccc(C(F)(F)F)cc4)NO3)CC2)cc1. The van der Waals surface area contributed by atoms with Crippen LogP contribution in [-0.4, -0.2) is 29.8 Å². The molecule has 1 saturated heterocycles. The zero-order valence-corrected chi connectivity index (χ0v) is 19.3. The number of anilines is 1. The molecule has 4 rings (SSSR count). The Bertz CT molecular complexity index is 1050. The lowest BCUT2D eigenvalue weighted by molar-refractivity contribution is -0.153. The maximum atomic E-state index is 12.8. The molecular weight excluding hydrogens is 447 g/mol. The predicted octanol–water partition coefficient (Wildman–Crippen LogP) is 5.88. The molecule has 2 heterocycles. The summed E-state index contributed by atoms with van der Waals surface area (Å²) < 4.78 is 38.4. The van der Waals surface area contributed by atoms with Crippen molar-refractivity contribution in [1.82, 2.24) is 10.5 Å². The number of nitrogens with one attached hydrogen (secondary N) is 2. The minimum absolute atomic E-state index is 0.0286. The number of carbonyl (C=O) groups is 1. The molecular formula is C25H28F3N3O3. The number of halogens is 3. The second kappa shape index (κ2) is 8.96. The Kier molecular flexibility index (Phi) is 6.35. The van der Waals surface area contributed by atoms with Crippen LogP contribution in [-0.2, 0) is 21.3 Å². The van der Waals surface area contributed by atoms with Crippen molar-refractivity contribution in [3.63, 3.8) is 0 Å². The molecule has 2 N–H and O–H groups in total. The van der Waals surface area contributed by atoms with Crippen molar-refractivity contribution >= 4 is 17.5 Å². The summed E-state index contributed by atoms with van der Waals surface area (Å²) in [4.78, 5) is 23.5. The van der Waals surface area contributed by atoms with Gasteiger partial charge < -0.3 is 4.84 Å². The van der Waals surface area contributed by atoms with E-state index in [0.717, 1.165) is 12.1 Å². The van der Waals surface area contributed by atoms with Crippen LogP contribution in [0.4, 0.5) is 23.7 Å². The van der Waals surface area contributed by atoms with Crippen molar-refractivity contribution in [3.05, 3.63) is 71.3 Å². The first-order valence-corrected chi connectivity index (χ1v) is 11.1. The number of rotatable bonds is 3. The fraction of sp³-hybridized carbons (Fsp3) is 0.400. The van der Waals surface area contributed by atoms with Crippen LogP contribution in [0.2, 0.25) is 0 Å². The Morgan fingerprint density at radius 3 is 2.15 bits per heavy atom. The Morgan fingerprint density at radius 1 is 1.00 bits per heavy atom. The molecule has 2 aliphatic rings. The lowest BCUT2D eigenvalue weighted by Crippen LogP contribution is -2.45. The van der Waals surface area contributed by atoms with Gasteiger partial charge >= 0.3 is 12.3 Å². The Morgan fingerprint density at radius 2 is 1.59 bits per heavy atom. The Balaban J connectivity index is 1.30. The maximum absolute atomic E-state index is 12.8. The monoisotopic (exact) mass is 475 g/mol. The third kappa shape index (κ3) is 5.53. The van der Waals surface area contributed by atoms with Gasteiger partial charge in [0.2, 0.25) is 0 Å². The zero-order valence-electron chi connectivity index (χ0n) is 19.3. The summed E-state index contributed by atoms with van der Waals surface area (Å²) in [5, 5.41) is 4.31. The number of alkyl halides is 3. The second-order valence-corrected chi connectivity index (χ2v) is 9.66. The molecule has 34 heavy (non-hydrogen) atoms. The summed E-state index contributed by atoms with van der Waals surface area (Å²) in [6, 6.07) is 12.6. The van der Waals surface area contributed by atoms with Gasteiger partial charge in [-0.3, -0.25) is 15.6 Å². The lowest BCUT2D eigenvalue weighted by atomic mass is 9.87. The van der Waals surface area contributed by atoms with Gasteiger partial charge in [0, 0.05) is 18.8 Å². The summed E-state index contributed by atoms with van der Waals surface area (Å²) in [5.41, 5.74) is 4.63. The molecule has 1 fully saturated rings.